The van der Waals surface area contributed by atoms with Gasteiger partial charge in [0.2, 0.25) is 0 Å². The summed E-state index contributed by atoms with van der Waals surface area (Å²) in [7, 11) is 0. The van der Waals surface area contributed by atoms with Crippen LogP contribution in [0.4, 0.5) is 11.4 Å². The van der Waals surface area contributed by atoms with Gasteiger partial charge >= 0.3 is 0 Å². The number of hydrogen-bond acceptors (Lipinski definition) is 2. The Balaban J connectivity index is 0.000000165. The maximum Gasteiger partial charge on any atom is 0.0373 e. The van der Waals surface area contributed by atoms with Crippen LogP contribution < -0.4 is 11.5 Å². The number of aryl methyl sites for hydroxylation is 2. The molecule has 0 radical (unpaired) electrons. The van der Waals surface area contributed by atoms with Crippen molar-refractivity contribution >= 4 is 11.4 Å². The number of para-hydroxylation sites is 2. The molecule has 0 aliphatic heterocycles. The van der Waals surface area contributed by atoms with Crippen LogP contribution in [0, 0.1) is 13.8 Å². The predicted molar refractivity (Wildman–Crippen MR) is 71.2 cm³/mol. The van der Waals surface area contributed by atoms with Gasteiger partial charge in [-0.05, 0) is 37.1 Å². The van der Waals surface area contributed by atoms with Crippen LogP contribution in [0.15, 0.2) is 48.5 Å². The summed E-state index contributed by atoms with van der Waals surface area (Å²) in [6.45, 7) is 4.03. The molecule has 84 valence electrons. The average molecular weight is 214 g/mol. The smallest absolute Gasteiger partial charge is 0.0373 e. The molecule has 2 rings (SSSR count). The fourth-order valence-electron chi connectivity index (χ4n) is 1.28. The van der Waals surface area contributed by atoms with Crippen molar-refractivity contribution in [1.82, 2.24) is 0 Å². The molecule has 0 amide bonds. The largest absolute Gasteiger partial charge is 0.399 e. The van der Waals surface area contributed by atoms with E-state index in [0.717, 1.165) is 22.5 Å². The quantitative estimate of drug-likeness (QED) is 0.662. The average Bonchev–Trinajstić information content (AvgIpc) is 2.28. The van der Waals surface area contributed by atoms with E-state index in [1.54, 1.807) is 0 Å². The van der Waals surface area contributed by atoms with Gasteiger partial charge in [0.25, 0.3) is 0 Å². The molecule has 0 heterocycles. The van der Waals surface area contributed by atoms with E-state index in [0.29, 0.717) is 0 Å². The molecule has 0 aromatic heterocycles. The highest BCUT2D eigenvalue weighted by atomic mass is 14.6. The number of benzene rings is 2. The number of nitrogen functional groups attached to an aromatic ring is 2. The molecule has 0 aliphatic rings. The summed E-state index contributed by atoms with van der Waals surface area (Å²) >= 11 is 0. The molecular weight excluding hydrogens is 196 g/mol. The number of hydrogen-bond donors (Lipinski definition) is 2. The third-order valence-corrected chi connectivity index (χ3v) is 2.34. The summed E-state index contributed by atoms with van der Waals surface area (Å²) in [5, 5.41) is 0. The first-order valence-corrected chi connectivity index (χ1v) is 5.23. The summed E-state index contributed by atoms with van der Waals surface area (Å²) in [5.74, 6) is 0. The maximum atomic E-state index is 5.68. The fourth-order valence-corrected chi connectivity index (χ4v) is 1.28. The van der Waals surface area contributed by atoms with E-state index in [-0.39, 0.29) is 0 Å². The first-order chi connectivity index (χ1) is 7.61. The van der Waals surface area contributed by atoms with Crippen LogP contribution in [0.2, 0.25) is 0 Å². The summed E-state index contributed by atoms with van der Waals surface area (Å²) in [5.41, 5.74) is 15.1. The predicted octanol–water partition coefficient (Wildman–Crippen LogP) is 3.15. The van der Waals surface area contributed by atoms with Gasteiger partial charge in [-0.15, -0.1) is 0 Å². The Hall–Kier alpha value is -1.96. The zero-order valence-electron chi connectivity index (χ0n) is 9.77. The topological polar surface area (TPSA) is 52.0 Å². The van der Waals surface area contributed by atoms with Crippen LogP contribution in [-0.4, -0.2) is 0 Å². The highest BCUT2D eigenvalue weighted by Crippen LogP contribution is 2.13. The molecule has 0 spiro atoms. The highest BCUT2D eigenvalue weighted by molar-refractivity contribution is 5.52. The van der Waals surface area contributed by atoms with E-state index in [2.05, 4.69) is 0 Å². The van der Waals surface area contributed by atoms with Gasteiger partial charge in [-0.3, -0.25) is 0 Å². The third kappa shape index (κ3) is 3.65. The summed E-state index contributed by atoms with van der Waals surface area (Å²) in [4.78, 5) is 0. The summed E-state index contributed by atoms with van der Waals surface area (Å²) in [6, 6.07) is 15.5. The fraction of sp³-hybridized carbons (Fsp3) is 0.143. The van der Waals surface area contributed by atoms with Crippen molar-refractivity contribution in [2.24, 2.45) is 0 Å². The number of anilines is 2. The van der Waals surface area contributed by atoms with Crippen LogP contribution >= 0.6 is 0 Å². The Bertz CT molecular complexity index is 415. The zero-order valence-corrected chi connectivity index (χ0v) is 9.77. The molecule has 2 aromatic rings. The lowest BCUT2D eigenvalue weighted by Gasteiger charge is -2.00. The third-order valence-electron chi connectivity index (χ3n) is 2.34. The maximum absolute atomic E-state index is 5.68. The van der Waals surface area contributed by atoms with Gasteiger partial charge in [0.05, 0.1) is 0 Å². The Morgan fingerprint density at radius 3 is 1.50 bits per heavy atom. The first-order valence-electron chi connectivity index (χ1n) is 5.23. The Kier molecular flexibility index (Phi) is 4.40. The van der Waals surface area contributed by atoms with Gasteiger partial charge < -0.3 is 11.5 Å². The molecule has 0 aliphatic carbocycles. The SMILES string of the molecule is Cc1cccc(C)c1N.Nc1ccccc1. The van der Waals surface area contributed by atoms with Gasteiger partial charge in [0.1, 0.15) is 0 Å². The van der Waals surface area contributed by atoms with Crippen molar-refractivity contribution in [1.29, 1.82) is 0 Å². The van der Waals surface area contributed by atoms with Crippen molar-refractivity contribution in [3.63, 3.8) is 0 Å². The molecule has 0 bridgehead atoms. The normalized spacial score (nSPS) is 9.12. The van der Waals surface area contributed by atoms with Gasteiger partial charge in [0, 0.05) is 11.4 Å². The van der Waals surface area contributed by atoms with E-state index < -0.39 is 0 Å². The van der Waals surface area contributed by atoms with Crippen molar-refractivity contribution in [3.05, 3.63) is 59.7 Å². The lowest BCUT2D eigenvalue weighted by molar-refractivity contribution is 1.39. The highest BCUT2D eigenvalue weighted by Gasteiger charge is 1.92. The molecule has 2 heteroatoms. The van der Waals surface area contributed by atoms with Crippen molar-refractivity contribution in [2.45, 2.75) is 13.8 Å². The second kappa shape index (κ2) is 5.81. The van der Waals surface area contributed by atoms with Crippen molar-refractivity contribution < 1.29 is 0 Å². The Morgan fingerprint density at radius 1 is 0.688 bits per heavy atom. The molecule has 0 unspecified atom stereocenters. The van der Waals surface area contributed by atoms with E-state index in [9.17, 15) is 0 Å². The van der Waals surface area contributed by atoms with Gasteiger partial charge in [-0.2, -0.15) is 0 Å². The van der Waals surface area contributed by atoms with Crippen molar-refractivity contribution in [3.8, 4) is 0 Å². The van der Waals surface area contributed by atoms with Crippen LogP contribution in [-0.2, 0) is 0 Å². The molecular formula is C14H18N2. The molecule has 2 aromatic carbocycles. The lowest BCUT2D eigenvalue weighted by Crippen LogP contribution is -1.91. The standard InChI is InChI=1S/C8H11N.C6H7N/c1-6-4-3-5-7(2)8(6)9;7-6-4-2-1-3-5-6/h3-5H,9H2,1-2H3;1-5H,7H2. The molecule has 2 nitrogen and oxygen atoms in total. The first kappa shape index (κ1) is 12.1. The Labute approximate surface area is 96.9 Å². The van der Waals surface area contributed by atoms with E-state index in [4.69, 9.17) is 11.5 Å². The van der Waals surface area contributed by atoms with Crippen LogP contribution in [0.25, 0.3) is 0 Å². The van der Waals surface area contributed by atoms with Crippen LogP contribution in [0.5, 0.6) is 0 Å². The van der Waals surface area contributed by atoms with Crippen molar-refractivity contribution in [2.75, 3.05) is 11.5 Å². The number of rotatable bonds is 0. The molecule has 0 saturated heterocycles. The Morgan fingerprint density at radius 2 is 1.19 bits per heavy atom. The van der Waals surface area contributed by atoms with Gasteiger partial charge in [0.15, 0.2) is 0 Å². The van der Waals surface area contributed by atoms with Crippen LogP contribution in [0.1, 0.15) is 11.1 Å². The second-order valence-electron chi connectivity index (χ2n) is 3.72. The molecule has 0 saturated carbocycles. The van der Waals surface area contributed by atoms with E-state index in [1.807, 2.05) is 62.4 Å². The summed E-state index contributed by atoms with van der Waals surface area (Å²) in [6.07, 6.45) is 0. The van der Waals surface area contributed by atoms with Gasteiger partial charge in [-0.25, -0.2) is 0 Å². The van der Waals surface area contributed by atoms with Crippen LogP contribution in [0.3, 0.4) is 0 Å². The van der Waals surface area contributed by atoms with Gasteiger partial charge in [-0.1, -0.05) is 36.4 Å². The second-order valence-corrected chi connectivity index (χ2v) is 3.72. The minimum Gasteiger partial charge on any atom is -0.399 e. The molecule has 4 N–H and O–H groups in total. The number of nitrogens with two attached hydrogens (primary N) is 2. The van der Waals surface area contributed by atoms with E-state index in [1.165, 1.54) is 0 Å². The monoisotopic (exact) mass is 214 g/mol. The molecule has 0 atom stereocenters. The minimum absolute atomic E-state index is 0.822. The zero-order chi connectivity index (χ0) is 12.0. The summed E-state index contributed by atoms with van der Waals surface area (Å²) < 4.78 is 0. The minimum atomic E-state index is 0.822. The molecule has 16 heavy (non-hydrogen) atoms. The lowest BCUT2D eigenvalue weighted by atomic mass is 10.1. The molecule has 0 fully saturated rings. The van der Waals surface area contributed by atoms with E-state index >= 15 is 0 Å².